The van der Waals surface area contributed by atoms with Crippen molar-refractivity contribution in [3.8, 4) is 5.75 Å². The van der Waals surface area contributed by atoms with E-state index >= 15 is 0 Å². The summed E-state index contributed by atoms with van der Waals surface area (Å²) in [5.74, 6) is 3.47. The van der Waals surface area contributed by atoms with Crippen LogP contribution in [-0.4, -0.2) is 45.4 Å². The Morgan fingerprint density at radius 3 is 2.74 bits per heavy atom. The van der Waals surface area contributed by atoms with Crippen molar-refractivity contribution in [2.45, 2.75) is 63.9 Å². The fraction of sp³-hybridized carbons (Fsp3) is 0.750. The first kappa shape index (κ1) is 19.3. The van der Waals surface area contributed by atoms with E-state index in [1.54, 1.807) is 12.7 Å². The van der Waals surface area contributed by atoms with Gasteiger partial charge < -0.3 is 14.4 Å². The third-order valence-corrected chi connectivity index (χ3v) is 8.09. The minimum Gasteiger partial charge on any atom is -0.497 e. The molecule has 0 saturated heterocycles. The second-order valence-electron chi connectivity index (χ2n) is 9.35. The highest BCUT2D eigenvalue weighted by atomic mass is 16.5. The number of rotatable bonds is 6. The zero-order chi connectivity index (χ0) is 19.0. The highest BCUT2D eigenvalue weighted by Gasteiger charge is 2.56. The first-order chi connectivity index (χ1) is 13.1. The van der Waals surface area contributed by atoms with E-state index in [0.717, 1.165) is 36.7 Å². The number of benzene rings is 1. The highest BCUT2D eigenvalue weighted by molar-refractivity contribution is 5.40. The van der Waals surface area contributed by atoms with Crippen molar-refractivity contribution in [2.24, 2.45) is 17.3 Å². The van der Waals surface area contributed by atoms with Crippen LogP contribution in [0.1, 0.15) is 62.5 Å². The predicted molar refractivity (Wildman–Crippen MR) is 111 cm³/mol. The van der Waals surface area contributed by atoms with Crippen molar-refractivity contribution in [3.05, 3.63) is 29.3 Å². The van der Waals surface area contributed by atoms with Gasteiger partial charge in [0.15, 0.2) is 0 Å². The van der Waals surface area contributed by atoms with Crippen LogP contribution >= 0.6 is 0 Å². The van der Waals surface area contributed by atoms with Gasteiger partial charge in [0.2, 0.25) is 0 Å². The van der Waals surface area contributed by atoms with Gasteiger partial charge >= 0.3 is 0 Å². The number of ether oxygens (including phenoxy) is 2. The van der Waals surface area contributed by atoms with Gasteiger partial charge in [0.1, 0.15) is 5.75 Å². The number of hydrogen-bond acceptors (Lipinski definition) is 3. The monoisotopic (exact) mass is 371 g/mol. The standard InChI is InChI=1S/C24H37NO2/c1-5-24-13-12-20-19-9-7-18(26-4)16-17(19)6-8-21(20)22(24)10-11-23(24)27-15-14-25(2)3/h7,9,16,20-23H,5-6,8,10-15H2,1-4H3/t20-,21-,22+,23+,24?/m1/s1. The SMILES string of the molecule is CCC12CC[C@@H]3c4ccc(OC)cc4CC[C@H]3[C@@H]1CC[C@@H]2OCCN(C)C. The van der Waals surface area contributed by atoms with Crippen LogP contribution in [0.25, 0.3) is 0 Å². The van der Waals surface area contributed by atoms with E-state index < -0.39 is 0 Å². The first-order valence-electron chi connectivity index (χ1n) is 11.0. The maximum atomic E-state index is 6.50. The molecule has 3 aliphatic carbocycles. The fourth-order valence-electron chi connectivity index (χ4n) is 6.74. The van der Waals surface area contributed by atoms with Gasteiger partial charge in [-0.1, -0.05) is 13.0 Å². The Kier molecular flexibility index (Phi) is 5.53. The Balaban J connectivity index is 1.54. The molecule has 1 aromatic rings. The summed E-state index contributed by atoms with van der Waals surface area (Å²) in [5.41, 5.74) is 3.59. The van der Waals surface area contributed by atoms with Gasteiger partial charge in [-0.05, 0) is 105 Å². The van der Waals surface area contributed by atoms with Gasteiger partial charge in [0, 0.05) is 6.54 Å². The summed E-state index contributed by atoms with van der Waals surface area (Å²) in [5, 5.41) is 0. The molecule has 0 spiro atoms. The van der Waals surface area contributed by atoms with E-state index in [-0.39, 0.29) is 0 Å². The average molecular weight is 372 g/mol. The molecule has 5 atom stereocenters. The summed E-state index contributed by atoms with van der Waals surface area (Å²) in [7, 11) is 6.05. The summed E-state index contributed by atoms with van der Waals surface area (Å²) in [6, 6.07) is 6.82. The molecular weight excluding hydrogens is 334 g/mol. The van der Waals surface area contributed by atoms with Crippen LogP contribution in [0.5, 0.6) is 5.75 Å². The number of fused-ring (bicyclic) bond motifs is 5. The van der Waals surface area contributed by atoms with Crippen LogP contribution in [0.2, 0.25) is 0 Å². The molecule has 150 valence electrons. The lowest BCUT2D eigenvalue weighted by Gasteiger charge is -2.52. The molecule has 3 nitrogen and oxygen atoms in total. The second kappa shape index (κ2) is 7.75. The quantitative estimate of drug-likeness (QED) is 0.711. The summed E-state index contributed by atoms with van der Waals surface area (Å²) < 4.78 is 12.0. The van der Waals surface area contributed by atoms with E-state index in [4.69, 9.17) is 9.47 Å². The molecule has 2 fully saturated rings. The molecule has 0 aliphatic heterocycles. The van der Waals surface area contributed by atoms with Crippen molar-refractivity contribution in [1.29, 1.82) is 0 Å². The van der Waals surface area contributed by atoms with E-state index in [1.807, 2.05) is 0 Å². The second-order valence-corrected chi connectivity index (χ2v) is 9.35. The highest BCUT2D eigenvalue weighted by Crippen LogP contribution is 2.63. The minimum absolute atomic E-state index is 0.428. The number of likely N-dealkylation sites (N-methyl/N-ethyl adjacent to an activating group) is 1. The Bertz CT molecular complexity index is 658. The summed E-state index contributed by atoms with van der Waals surface area (Å²) in [4.78, 5) is 2.23. The smallest absolute Gasteiger partial charge is 0.119 e. The van der Waals surface area contributed by atoms with E-state index in [0.29, 0.717) is 11.5 Å². The van der Waals surface area contributed by atoms with Crippen LogP contribution in [-0.2, 0) is 11.2 Å². The average Bonchev–Trinajstić information content (AvgIpc) is 3.06. The summed E-state index contributed by atoms with van der Waals surface area (Å²) in [6.07, 6.45) is 9.64. The van der Waals surface area contributed by atoms with Crippen LogP contribution in [0, 0.1) is 17.3 Å². The Morgan fingerprint density at radius 1 is 1.15 bits per heavy atom. The number of aryl methyl sites for hydroxylation is 1. The maximum Gasteiger partial charge on any atom is 0.119 e. The maximum absolute atomic E-state index is 6.50. The van der Waals surface area contributed by atoms with E-state index in [9.17, 15) is 0 Å². The molecule has 4 rings (SSSR count). The zero-order valence-corrected chi connectivity index (χ0v) is 17.7. The fourth-order valence-corrected chi connectivity index (χ4v) is 6.74. The van der Waals surface area contributed by atoms with Gasteiger partial charge in [-0.2, -0.15) is 0 Å². The molecule has 2 saturated carbocycles. The molecule has 1 unspecified atom stereocenters. The van der Waals surface area contributed by atoms with Crippen molar-refractivity contribution < 1.29 is 9.47 Å². The lowest BCUT2D eigenvalue weighted by molar-refractivity contribution is -0.0788. The molecule has 0 radical (unpaired) electrons. The minimum atomic E-state index is 0.428. The molecule has 3 aliphatic rings. The molecule has 3 heteroatoms. The van der Waals surface area contributed by atoms with E-state index in [1.165, 1.54) is 50.5 Å². The molecular formula is C24H37NO2. The molecule has 0 bridgehead atoms. The van der Waals surface area contributed by atoms with Gasteiger partial charge in [-0.25, -0.2) is 0 Å². The number of nitrogens with zero attached hydrogens (tertiary/aromatic N) is 1. The normalized spacial score (nSPS) is 34.9. The molecule has 0 N–H and O–H groups in total. The number of methoxy groups -OCH3 is 1. The molecule has 0 aromatic heterocycles. The Labute approximate surface area is 165 Å². The van der Waals surface area contributed by atoms with Crippen LogP contribution in [0.3, 0.4) is 0 Å². The van der Waals surface area contributed by atoms with Crippen molar-refractivity contribution in [3.63, 3.8) is 0 Å². The van der Waals surface area contributed by atoms with E-state index in [2.05, 4.69) is 44.1 Å². The lowest BCUT2D eigenvalue weighted by atomic mass is 9.54. The van der Waals surface area contributed by atoms with Gasteiger partial charge in [-0.15, -0.1) is 0 Å². The molecule has 0 heterocycles. The molecule has 1 aromatic carbocycles. The largest absolute Gasteiger partial charge is 0.497 e. The molecule has 27 heavy (non-hydrogen) atoms. The third-order valence-electron chi connectivity index (χ3n) is 8.09. The predicted octanol–water partition coefficient (Wildman–Crippen LogP) is 4.89. The first-order valence-corrected chi connectivity index (χ1v) is 11.0. The van der Waals surface area contributed by atoms with Gasteiger partial charge in [-0.3, -0.25) is 0 Å². The van der Waals surface area contributed by atoms with Crippen LogP contribution < -0.4 is 4.74 Å². The van der Waals surface area contributed by atoms with Gasteiger partial charge in [0.25, 0.3) is 0 Å². The van der Waals surface area contributed by atoms with Crippen molar-refractivity contribution in [1.82, 2.24) is 4.90 Å². The Hall–Kier alpha value is -1.06. The summed E-state index contributed by atoms with van der Waals surface area (Å²) in [6.45, 7) is 4.33. The Morgan fingerprint density at radius 2 is 2.00 bits per heavy atom. The summed E-state index contributed by atoms with van der Waals surface area (Å²) >= 11 is 0. The van der Waals surface area contributed by atoms with Crippen molar-refractivity contribution in [2.75, 3.05) is 34.4 Å². The number of hydrogen-bond donors (Lipinski definition) is 0. The van der Waals surface area contributed by atoms with Crippen LogP contribution in [0.15, 0.2) is 18.2 Å². The van der Waals surface area contributed by atoms with Crippen LogP contribution in [0.4, 0.5) is 0 Å². The topological polar surface area (TPSA) is 21.7 Å². The molecule has 0 amide bonds. The zero-order valence-electron chi connectivity index (χ0n) is 17.7. The third kappa shape index (κ3) is 3.31. The van der Waals surface area contributed by atoms with Crippen molar-refractivity contribution >= 4 is 0 Å². The van der Waals surface area contributed by atoms with Gasteiger partial charge in [0.05, 0.1) is 19.8 Å². The lowest BCUT2D eigenvalue weighted by Crippen LogP contribution is -2.46.